The first-order valence-corrected chi connectivity index (χ1v) is 7.58. The highest BCUT2D eigenvalue weighted by Crippen LogP contribution is 2.33. The molecule has 1 aliphatic heterocycles. The smallest absolute Gasteiger partial charge is 0.410 e. The zero-order valence-corrected chi connectivity index (χ0v) is 14.5. The van der Waals surface area contributed by atoms with Crippen molar-refractivity contribution >= 4 is 25.4 Å². The Kier molecular flexibility index (Phi) is 4.88. The number of nitro groups is 1. The van der Waals surface area contributed by atoms with Crippen LogP contribution in [0, 0.1) is 10.1 Å². The molecule has 1 saturated heterocycles. The molecule has 2 rings (SSSR count). The van der Waals surface area contributed by atoms with E-state index in [1.165, 1.54) is 0 Å². The molecule has 1 aromatic rings. The number of carbonyl (C=O) groups excluding carboxylic acids is 1. The molecule has 1 aliphatic rings. The van der Waals surface area contributed by atoms with Crippen molar-refractivity contribution in [3.05, 3.63) is 28.4 Å². The van der Waals surface area contributed by atoms with Gasteiger partial charge in [-0.1, -0.05) is 0 Å². The molecular formula is C14H19BN4O7. The molecule has 0 spiro atoms. The minimum absolute atomic E-state index is 0.0885. The van der Waals surface area contributed by atoms with E-state index in [0.717, 1.165) is 23.2 Å². The number of rotatable bonds is 2. The number of hydrogen-bond acceptors (Lipinski definition) is 9. The van der Waals surface area contributed by atoms with Crippen molar-refractivity contribution in [2.75, 3.05) is 18.0 Å². The third-order valence-corrected chi connectivity index (χ3v) is 3.40. The fraction of sp³-hybridized carbons (Fsp3) is 0.571. The van der Waals surface area contributed by atoms with Crippen LogP contribution in [0.3, 0.4) is 0 Å². The van der Waals surface area contributed by atoms with Crippen LogP contribution in [0.15, 0.2) is 18.3 Å². The van der Waals surface area contributed by atoms with Gasteiger partial charge >= 0.3 is 11.9 Å². The van der Waals surface area contributed by atoms with Crippen molar-refractivity contribution in [1.29, 1.82) is 0 Å². The van der Waals surface area contributed by atoms with Gasteiger partial charge in [-0.2, -0.15) is 0 Å². The maximum Gasteiger partial charge on any atom is 0.410 e. The number of hydrogen-bond donors (Lipinski definition) is 3. The van der Waals surface area contributed by atoms with Crippen LogP contribution in [-0.4, -0.2) is 74.3 Å². The third kappa shape index (κ3) is 4.21. The number of β-amino-alcohol motifs (C(OH)–C–C–N with tert-alkyl or cyclic N) is 3. The topological polar surface area (TPSA) is 150 Å². The highest BCUT2D eigenvalue weighted by atomic mass is 16.6. The van der Waals surface area contributed by atoms with Crippen LogP contribution >= 0.6 is 0 Å². The average molecular weight is 366 g/mol. The van der Waals surface area contributed by atoms with Crippen molar-refractivity contribution in [2.45, 2.75) is 37.9 Å². The summed E-state index contributed by atoms with van der Waals surface area (Å²) in [6.45, 7) is 3.72. The van der Waals surface area contributed by atoms with Gasteiger partial charge in [0.1, 0.15) is 19.1 Å². The minimum Gasteiger partial charge on any atom is -0.444 e. The molecule has 1 amide bonds. The monoisotopic (exact) mass is 366 g/mol. The Bertz CT molecular complexity index is 684. The first-order valence-electron chi connectivity index (χ1n) is 7.58. The van der Waals surface area contributed by atoms with E-state index in [2.05, 4.69) is 4.98 Å². The maximum atomic E-state index is 12.2. The normalized spacial score (nSPS) is 22.8. The van der Waals surface area contributed by atoms with Gasteiger partial charge in [0.2, 0.25) is 0 Å². The lowest BCUT2D eigenvalue weighted by Crippen LogP contribution is -2.74. The fourth-order valence-corrected chi connectivity index (χ4v) is 2.55. The number of aliphatic hydroxyl groups is 3. The Balaban J connectivity index is 2.30. The Morgan fingerprint density at radius 2 is 1.96 bits per heavy atom. The second-order valence-electron chi connectivity index (χ2n) is 6.96. The van der Waals surface area contributed by atoms with Crippen molar-refractivity contribution in [1.82, 2.24) is 9.88 Å². The molecule has 12 heteroatoms. The Morgan fingerprint density at radius 1 is 1.35 bits per heavy atom. The molecule has 1 fully saturated rings. The molecule has 2 radical (unpaired) electrons. The standard InChI is InChI=1S/C14H19BN4O7/c1-12(2,3)26-11(20)17-7-13(15,21)18(14(22,23)8-17)9-4-5-10(16-6-9)19(24)25/h4-6,21-23H,7-8H2,1-3H3. The Morgan fingerprint density at radius 3 is 2.38 bits per heavy atom. The summed E-state index contributed by atoms with van der Waals surface area (Å²) < 4.78 is 5.14. The van der Waals surface area contributed by atoms with Crippen molar-refractivity contribution < 1.29 is 29.8 Å². The summed E-state index contributed by atoms with van der Waals surface area (Å²) in [5.74, 6) is -3.25. The molecule has 0 bridgehead atoms. The number of anilines is 1. The van der Waals surface area contributed by atoms with E-state index in [-0.39, 0.29) is 5.69 Å². The van der Waals surface area contributed by atoms with Gasteiger partial charge < -0.3 is 30.2 Å². The maximum absolute atomic E-state index is 12.2. The number of piperazine rings is 1. The molecule has 0 aliphatic carbocycles. The quantitative estimate of drug-likeness (QED) is 0.272. The molecule has 26 heavy (non-hydrogen) atoms. The van der Waals surface area contributed by atoms with Gasteiger partial charge in [-0.3, -0.25) is 9.80 Å². The SMILES string of the molecule is [B]C1(O)CN(C(=O)OC(C)(C)C)CC(O)(O)N1c1ccc([N+](=O)[O-])nc1. The molecular weight excluding hydrogens is 347 g/mol. The summed E-state index contributed by atoms with van der Waals surface area (Å²) in [6.07, 6.45) is 0.0654. The van der Waals surface area contributed by atoms with Gasteiger partial charge in [0.15, 0.2) is 6.20 Å². The predicted molar refractivity (Wildman–Crippen MR) is 89.0 cm³/mol. The van der Waals surface area contributed by atoms with Gasteiger partial charge in [-0.25, -0.2) is 4.79 Å². The van der Waals surface area contributed by atoms with Gasteiger partial charge in [-0.05, 0) is 36.7 Å². The van der Waals surface area contributed by atoms with Crippen molar-refractivity contribution in [3.63, 3.8) is 0 Å². The van der Waals surface area contributed by atoms with E-state index < -0.39 is 47.1 Å². The summed E-state index contributed by atoms with van der Waals surface area (Å²) in [5, 5.41) is 41.9. The summed E-state index contributed by atoms with van der Waals surface area (Å²) in [6, 6.07) is 2.16. The van der Waals surface area contributed by atoms with Crippen LogP contribution in [0.2, 0.25) is 0 Å². The van der Waals surface area contributed by atoms with Crippen molar-refractivity contribution in [3.8, 4) is 0 Å². The Hall–Kier alpha value is -2.44. The van der Waals surface area contributed by atoms with Crippen LogP contribution in [0.4, 0.5) is 16.3 Å². The number of carbonyl (C=O) groups is 1. The van der Waals surface area contributed by atoms with E-state index in [9.17, 15) is 30.2 Å². The zero-order valence-electron chi connectivity index (χ0n) is 14.5. The molecule has 2 heterocycles. The Labute approximate surface area is 150 Å². The van der Waals surface area contributed by atoms with Crippen LogP contribution in [0.5, 0.6) is 0 Å². The molecule has 140 valence electrons. The molecule has 0 aromatic carbocycles. The van der Waals surface area contributed by atoms with E-state index in [4.69, 9.17) is 12.6 Å². The fourth-order valence-electron chi connectivity index (χ4n) is 2.55. The van der Waals surface area contributed by atoms with E-state index in [1.807, 2.05) is 0 Å². The molecule has 1 unspecified atom stereocenters. The number of aromatic nitrogens is 1. The lowest BCUT2D eigenvalue weighted by atomic mass is 9.85. The van der Waals surface area contributed by atoms with Gasteiger partial charge in [0.05, 0.1) is 18.8 Å². The zero-order chi connectivity index (χ0) is 19.9. The van der Waals surface area contributed by atoms with Crippen LogP contribution < -0.4 is 4.90 Å². The highest BCUT2D eigenvalue weighted by molar-refractivity contribution is 6.16. The lowest BCUT2D eigenvalue weighted by Gasteiger charge is -2.53. The summed E-state index contributed by atoms with van der Waals surface area (Å²) in [5.41, 5.74) is -3.33. The second kappa shape index (κ2) is 6.38. The van der Waals surface area contributed by atoms with Crippen LogP contribution in [0.25, 0.3) is 0 Å². The summed E-state index contributed by atoms with van der Waals surface area (Å²) in [4.78, 5) is 27.1. The second-order valence-corrected chi connectivity index (χ2v) is 6.96. The minimum atomic E-state index is -2.78. The molecule has 1 aromatic heterocycles. The average Bonchev–Trinajstić information content (AvgIpc) is 2.43. The molecule has 1 atom stereocenters. The van der Waals surface area contributed by atoms with E-state index >= 15 is 0 Å². The molecule has 0 saturated carbocycles. The van der Waals surface area contributed by atoms with Crippen LogP contribution in [0.1, 0.15) is 20.8 Å². The largest absolute Gasteiger partial charge is 0.444 e. The first kappa shape index (κ1) is 19.9. The lowest BCUT2D eigenvalue weighted by molar-refractivity contribution is -0.389. The number of pyridine rings is 1. The molecule has 11 nitrogen and oxygen atoms in total. The predicted octanol–water partition coefficient (Wildman–Crippen LogP) is -0.500. The van der Waals surface area contributed by atoms with Crippen LogP contribution in [-0.2, 0) is 4.74 Å². The van der Waals surface area contributed by atoms with E-state index in [0.29, 0.717) is 4.90 Å². The van der Waals surface area contributed by atoms with Gasteiger partial charge in [-0.15, -0.1) is 0 Å². The molecule has 3 N–H and O–H groups in total. The summed E-state index contributed by atoms with van der Waals surface area (Å²) in [7, 11) is 5.77. The highest BCUT2D eigenvalue weighted by Gasteiger charge is 2.51. The van der Waals surface area contributed by atoms with Crippen molar-refractivity contribution in [2.24, 2.45) is 0 Å². The van der Waals surface area contributed by atoms with Gasteiger partial charge in [0, 0.05) is 6.07 Å². The number of ether oxygens (including phenoxy) is 1. The third-order valence-electron chi connectivity index (χ3n) is 3.40. The number of amides is 1. The first-order chi connectivity index (χ1) is 11.7. The summed E-state index contributed by atoms with van der Waals surface area (Å²) >= 11 is 0. The number of nitrogens with zero attached hydrogens (tertiary/aromatic N) is 4. The van der Waals surface area contributed by atoms with E-state index in [1.54, 1.807) is 20.8 Å². The van der Waals surface area contributed by atoms with Gasteiger partial charge in [0.25, 0.3) is 5.91 Å².